The summed E-state index contributed by atoms with van der Waals surface area (Å²) < 4.78 is 0. The van der Waals surface area contributed by atoms with Crippen LogP contribution in [0.15, 0.2) is 0 Å². The summed E-state index contributed by atoms with van der Waals surface area (Å²) in [5.41, 5.74) is 5.39. The molecule has 1 aliphatic rings. The van der Waals surface area contributed by atoms with E-state index in [-0.39, 0.29) is 30.3 Å². The lowest BCUT2D eigenvalue weighted by molar-refractivity contribution is -0.137. The second-order valence-corrected chi connectivity index (χ2v) is 5.02. The number of rotatable bonds is 5. The molecule has 18 heavy (non-hydrogen) atoms. The van der Waals surface area contributed by atoms with Gasteiger partial charge in [0.2, 0.25) is 11.8 Å². The van der Waals surface area contributed by atoms with Crippen molar-refractivity contribution >= 4 is 11.8 Å². The molecule has 1 heterocycles. The molecule has 0 aliphatic carbocycles. The Hall–Kier alpha value is -1.10. The zero-order chi connectivity index (χ0) is 13.5. The van der Waals surface area contributed by atoms with Crippen molar-refractivity contribution in [1.82, 2.24) is 10.2 Å². The van der Waals surface area contributed by atoms with Crippen LogP contribution in [-0.4, -0.2) is 42.4 Å². The van der Waals surface area contributed by atoms with Crippen LogP contribution in [0.4, 0.5) is 0 Å². The van der Waals surface area contributed by atoms with E-state index in [4.69, 9.17) is 5.73 Å². The van der Waals surface area contributed by atoms with Gasteiger partial charge in [-0.25, -0.2) is 0 Å². The van der Waals surface area contributed by atoms with Crippen molar-refractivity contribution in [2.24, 2.45) is 11.7 Å². The third-order valence-electron chi connectivity index (χ3n) is 3.58. The Morgan fingerprint density at radius 1 is 1.39 bits per heavy atom. The van der Waals surface area contributed by atoms with Gasteiger partial charge < -0.3 is 16.0 Å². The van der Waals surface area contributed by atoms with Crippen molar-refractivity contribution in [3.63, 3.8) is 0 Å². The fourth-order valence-corrected chi connectivity index (χ4v) is 2.32. The van der Waals surface area contributed by atoms with E-state index in [9.17, 15) is 9.59 Å². The van der Waals surface area contributed by atoms with Crippen molar-refractivity contribution in [2.75, 3.05) is 19.6 Å². The topological polar surface area (TPSA) is 75.4 Å². The zero-order valence-corrected chi connectivity index (χ0v) is 11.4. The summed E-state index contributed by atoms with van der Waals surface area (Å²) in [5.74, 6) is -0.0627. The Bertz CT molecular complexity index is 294. The summed E-state index contributed by atoms with van der Waals surface area (Å²) >= 11 is 0. The van der Waals surface area contributed by atoms with Gasteiger partial charge in [0.1, 0.15) is 0 Å². The average molecular weight is 255 g/mol. The Kier molecular flexibility index (Phi) is 6.12. The second-order valence-electron chi connectivity index (χ2n) is 5.02. The molecule has 1 aliphatic heterocycles. The molecule has 5 nitrogen and oxygen atoms in total. The first-order valence-electron chi connectivity index (χ1n) is 6.87. The van der Waals surface area contributed by atoms with Crippen LogP contribution >= 0.6 is 0 Å². The summed E-state index contributed by atoms with van der Waals surface area (Å²) in [6.45, 7) is 5.37. The molecule has 0 aromatic heterocycles. The van der Waals surface area contributed by atoms with Crippen LogP contribution < -0.4 is 11.1 Å². The van der Waals surface area contributed by atoms with E-state index in [0.29, 0.717) is 6.54 Å². The smallest absolute Gasteiger partial charge is 0.236 e. The molecule has 3 N–H and O–H groups in total. The number of hydrogen-bond donors (Lipinski definition) is 2. The summed E-state index contributed by atoms with van der Waals surface area (Å²) in [5, 5.41) is 2.94. The predicted molar refractivity (Wildman–Crippen MR) is 70.9 cm³/mol. The van der Waals surface area contributed by atoms with Crippen LogP contribution in [-0.2, 0) is 9.59 Å². The maximum absolute atomic E-state index is 12.0. The standard InChI is InChI=1S/C13H25N3O2/c1-3-4-7-15-13(18)11-6-5-10(2)16(9-11)12(17)8-14/h10-11H,3-9,14H2,1-2H3,(H,15,18). The highest BCUT2D eigenvalue weighted by molar-refractivity contribution is 5.82. The summed E-state index contributed by atoms with van der Waals surface area (Å²) in [7, 11) is 0. The zero-order valence-electron chi connectivity index (χ0n) is 11.4. The molecule has 1 saturated heterocycles. The maximum atomic E-state index is 12.0. The van der Waals surface area contributed by atoms with Crippen LogP contribution in [0.1, 0.15) is 39.5 Å². The normalized spacial score (nSPS) is 23.8. The average Bonchev–Trinajstić information content (AvgIpc) is 2.38. The monoisotopic (exact) mass is 255 g/mol. The number of carbonyl (C=O) groups is 2. The minimum atomic E-state index is -0.0754. The molecule has 2 amide bonds. The van der Waals surface area contributed by atoms with E-state index >= 15 is 0 Å². The molecule has 0 radical (unpaired) electrons. The van der Waals surface area contributed by atoms with Gasteiger partial charge in [-0.05, 0) is 26.2 Å². The van der Waals surface area contributed by atoms with E-state index in [2.05, 4.69) is 12.2 Å². The van der Waals surface area contributed by atoms with Gasteiger partial charge in [-0.1, -0.05) is 13.3 Å². The van der Waals surface area contributed by atoms with Crippen LogP contribution in [0.5, 0.6) is 0 Å². The van der Waals surface area contributed by atoms with Gasteiger partial charge in [-0.15, -0.1) is 0 Å². The van der Waals surface area contributed by atoms with E-state index in [1.165, 1.54) is 0 Å². The van der Waals surface area contributed by atoms with Gasteiger partial charge in [0.15, 0.2) is 0 Å². The number of hydrogen-bond acceptors (Lipinski definition) is 3. The quantitative estimate of drug-likeness (QED) is 0.702. The largest absolute Gasteiger partial charge is 0.356 e. The fraction of sp³-hybridized carbons (Fsp3) is 0.846. The molecule has 0 aromatic carbocycles. The molecular formula is C13H25N3O2. The minimum Gasteiger partial charge on any atom is -0.356 e. The predicted octanol–water partition coefficient (Wildman–Crippen LogP) is 0.489. The van der Waals surface area contributed by atoms with Crippen LogP contribution in [0.25, 0.3) is 0 Å². The van der Waals surface area contributed by atoms with Crippen molar-refractivity contribution in [3.8, 4) is 0 Å². The molecule has 5 heteroatoms. The Morgan fingerprint density at radius 2 is 2.11 bits per heavy atom. The highest BCUT2D eigenvalue weighted by Crippen LogP contribution is 2.22. The first-order chi connectivity index (χ1) is 8.60. The maximum Gasteiger partial charge on any atom is 0.236 e. The van der Waals surface area contributed by atoms with Crippen molar-refractivity contribution in [1.29, 1.82) is 0 Å². The number of nitrogens with one attached hydrogen (secondary N) is 1. The van der Waals surface area contributed by atoms with Gasteiger partial charge in [-0.2, -0.15) is 0 Å². The van der Waals surface area contributed by atoms with Crippen molar-refractivity contribution in [2.45, 2.75) is 45.6 Å². The van der Waals surface area contributed by atoms with E-state index in [0.717, 1.165) is 32.2 Å². The van der Waals surface area contributed by atoms with Gasteiger partial charge in [0.25, 0.3) is 0 Å². The summed E-state index contributed by atoms with van der Waals surface area (Å²) in [6, 6.07) is 0.195. The first-order valence-corrected chi connectivity index (χ1v) is 6.87. The number of nitrogens with zero attached hydrogens (tertiary/aromatic N) is 1. The minimum absolute atomic E-state index is 0.0223. The SMILES string of the molecule is CCCCNC(=O)C1CCC(C)N(C(=O)CN)C1. The number of carbonyl (C=O) groups excluding carboxylic acids is 2. The van der Waals surface area contributed by atoms with Gasteiger partial charge in [0.05, 0.1) is 12.5 Å². The Morgan fingerprint density at radius 3 is 2.72 bits per heavy atom. The van der Waals surface area contributed by atoms with E-state index < -0.39 is 0 Å². The number of unbranched alkanes of at least 4 members (excludes halogenated alkanes) is 1. The van der Waals surface area contributed by atoms with Crippen LogP contribution in [0, 0.1) is 5.92 Å². The lowest BCUT2D eigenvalue weighted by Crippen LogP contribution is -2.51. The third-order valence-corrected chi connectivity index (χ3v) is 3.58. The highest BCUT2D eigenvalue weighted by Gasteiger charge is 2.31. The third kappa shape index (κ3) is 3.98. The molecule has 0 aromatic rings. The lowest BCUT2D eigenvalue weighted by atomic mass is 9.92. The van der Waals surface area contributed by atoms with Crippen LogP contribution in [0.2, 0.25) is 0 Å². The van der Waals surface area contributed by atoms with Crippen molar-refractivity contribution < 1.29 is 9.59 Å². The summed E-state index contributed by atoms with van der Waals surface area (Å²) in [6.07, 6.45) is 3.80. The molecule has 1 rings (SSSR count). The Balaban J connectivity index is 2.48. The number of amides is 2. The lowest BCUT2D eigenvalue weighted by Gasteiger charge is -2.37. The highest BCUT2D eigenvalue weighted by atomic mass is 16.2. The number of nitrogens with two attached hydrogens (primary N) is 1. The molecule has 104 valence electrons. The number of piperidine rings is 1. The second kappa shape index (κ2) is 7.36. The fourth-order valence-electron chi connectivity index (χ4n) is 2.32. The first kappa shape index (κ1) is 15.0. The molecule has 0 bridgehead atoms. The molecule has 1 fully saturated rings. The number of likely N-dealkylation sites (tertiary alicyclic amines) is 1. The van der Waals surface area contributed by atoms with Gasteiger partial charge in [0, 0.05) is 19.1 Å². The molecule has 0 saturated carbocycles. The van der Waals surface area contributed by atoms with Crippen molar-refractivity contribution in [3.05, 3.63) is 0 Å². The molecule has 0 spiro atoms. The van der Waals surface area contributed by atoms with Gasteiger partial charge in [-0.3, -0.25) is 9.59 Å². The molecule has 2 unspecified atom stereocenters. The van der Waals surface area contributed by atoms with Gasteiger partial charge >= 0.3 is 0 Å². The molecule has 2 atom stereocenters. The summed E-state index contributed by atoms with van der Waals surface area (Å²) in [4.78, 5) is 25.4. The Labute approximate surface area is 109 Å². The molecular weight excluding hydrogens is 230 g/mol. The van der Waals surface area contributed by atoms with E-state index in [1.54, 1.807) is 4.90 Å². The van der Waals surface area contributed by atoms with E-state index in [1.807, 2.05) is 6.92 Å². The van der Waals surface area contributed by atoms with Crippen LogP contribution in [0.3, 0.4) is 0 Å².